The second-order valence-corrected chi connectivity index (χ2v) is 11.0. The van der Waals surface area contributed by atoms with E-state index in [0.29, 0.717) is 23.9 Å². The Hall–Kier alpha value is -1.40. The maximum absolute atomic E-state index is 13.5. The van der Waals surface area contributed by atoms with Crippen molar-refractivity contribution in [2.24, 2.45) is 11.8 Å². The zero-order chi connectivity index (χ0) is 22.3. The highest BCUT2D eigenvalue weighted by Gasteiger charge is 2.33. The first-order valence-corrected chi connectivity index (χ1v) is 12.4. The Balaban J connectivity index is 2.27. The molecule has 4 nitrogen and oxygen atoms in total. The van der Waals surface area contributed by atoms with Gasteiger partial charge in [0.25, 0.3) is 0 Å². The van der Waals surface area contributed by atoms with Crippen molar-refractivity contribution in [3.8, 4) is 0 Å². The highest BCUT2D eigenvalue weighted by atomic mass is 35.5. The number of halogens is 1. The average molecular weight is 452 g/mol. The molecule has 2 aromatic carbocycles. The summed E-state index contributed by atoms with van der Waals surface area (Å²) in [6.45, 7) is 8.48. The van der Waals surface area contributed by atoms with Crippen molar-refractivity contribution in [3.05, 3.63) is 65.2 Å². The molecule has 3 atom stereocenters. The summed E-state index contributed by atoms with van der Waals surface area (Å²) in [4.78, 5) is 0.206. The molecule has 2 aromatic rings. The number of aliphatic hydroxyl groups is 1. The molecule has 0 radical (unpaired) electrons. The predicted octanol–water partition coefficient (Wildman–Crippen LogP) is 5.57. The van der Waals surface area contributed by atoms with Gasteiger partial charge in [0.2, 0.25) is 10.0 Å². The molecular formula is C24H34ClNO3S. The van der Waals surface area contributed by atoms with Gasteiger partial charge in [-0.05, 0) is 60.4 Å². The topological polar surface area (TPSA) is 57.6 Å². The van der Waals surface area contributed by atoms with Crippen LogP contribution < -0.4 is 0 Å². The number of nitrogens with zero attached hydrogens (tertiary/aromatic N) is 1. The molecule has 0 aromatic heterocycles. The number of benzene rings is 2. The van der Waals surface area contributed by atoms with Crippen LogP contribution in [0.15, 0.2) is 59.5 Å². The number of aliphatic hydroxyl groups excluding tert-OH is 1. The van der Waals surface area contributed by atoms with Crippen LogP contribution >= 0.6 is 11.6 Å². The molecule has 2 rings (SSSR count). The molecule has 0 bridgehead atoms. The van der Waals surface area contributed by atoms with E-state index >= 15 is 0 Å². The Bertz CT molecular complexity index is 869. The van der Waals surface area contributed by atoms with Gasteiger partial charge < -0.3 is 5.11 Å². The van der Waals surface area contributed by atoms with Crippen molar-refractivity contribution >= 4 is 21.6 Å². The minimum Gasteiger partial charge on any atom is -0.395 e. The summed E-state index contributed by atoms with van der Waals surface area (Å²) in [5.41, 5.74) is 1.25. The van der Waals surface area contributed by atoms with Gasteiger partial charge >= 0.3 is 0 Å². The Labute approximate surface area is 186 Å². The third-order valence-electron chi connectivity index (χ3n) is 5.40. The van der Waals surface area contributed by atoms with Crippen LogP contribution in [0.3, 0.4) is 0 Å². The first-order valence-electron chi connectivity index (χ1n) is 10.6. The summed E-state index contributed by atoms with van der Waals surface area (Å²) < 4.78 is 28.5. The smallest absolute Gasteiger partial charge is 0.243 e. The minimum atomic E-state index is -3.76. The summed E-state index contributed by atoms with van der Waals surface area (Å²) in [6.07, 6.45) is 1.46. The third kappa shape index (κ3) is 6.81. The fourth-order valence-electron chi connectivity index (χ4n) is 3.92. The summed E-state index contributed by atoms with van der Waals surface area (Å²) in [5.74, 6) is 0.714. The second-order valence-electron chi connectivity index (χ2n) is 8.65. The van der Waals surface area contributed by atoms with Gasteiger partial charge in [-0.1, -0.05) is 69.6 Å². The van der Waals surface area contributed by atoms with E-state index in [1.54, 1.807) is 12.1 Å². The molecule has 0 saturated heterocycles. The molecule has 0 spiro atoms. The molecule has 3 unspecified atom stereocenters. The van der Waals surface area contributed by atoms with Crippen molar-refractivity contribution in [2.45, 2.75) is 57.4 Å². The SMILES string of the molecule is CC(C)CC(CO)N(CC(C)CC(C)c1ccccc1)S(=O)(=O)c1ccc(Cl)cc1. The normalized spacial score (nSPS) is 15.3. The van der Waals surface area contributed by atoms with Crippen molar-refractivity contribution in [1.29, 1.82) is 0 Å². The minimum absolute atomic E-state index is 0.128. The first kappa shape index (κ1) is 24.9. The summed E-state index contributed by atoms with van der Waals surface area (Å²) in [7, 11) is -3.76. The largest absolute Gasteiger partial charge is 0.395 e. The van der Waals surface area contributed by atoms with E-state index in [2.05, 4.69) is 26.0 Å². The fourth-order valence-corrected chi connectivity index (χ4v) is 5.79. The van der Waals surface area contributed by atoms with Crippen LogP contribution in [0.25, 0.3) is 0 Å². The van der Waals surface area contributed by atoms with Crippen molar-refractivity contribution in [3.63, 3.8) is 0 Å². The van der Waals surface area contributed by atoms with Gasteiger partial charge in [0.05, 0.1) is 11.5 Å². The Kier molecular flexibility index (Phi) is 9.35. The quantitative estimate of drug-likeness (QED) is 0.486. The van der Waals surface area contributed by atoms with Crippen LogP contribution in [0.1, 0.15) is 52.0 Å². The molecule has 0 aliphatic heterocycles. The molecule has 0 aliphatic rings. The molecule has 6 heteroatoms. The summed E-state index contributed by atoms with van der Waals surface area (Å²) in [6, 6.07) is 16.0. The number of rotatable bonds is 11. The van der Waals surface area contributed by atoms with E-state index in [1.165, 1.54) is 22.0 Å². The van der Waals surface area contributed by atoms with E-state index in [4.69, 9.17) is 11.6 Å². The average Bonchev–Trinajstić information content (AvgIpc) is 2.71. The number of hydrogen-bond donors (Lipinski definition) is 1. The van der Waals surface area contributed by atoms with E-state index < -0.39 is 16.1 Å². The third-order valence-corrected chi connectivity index (χ3v) is 7.58. The Morgan fingerprint density at radius 1 is 0.933 bits per heavy atom. The van der Waals surface area contributed by atoms with Gasteiger partial charge in [-0.15, -0.1) is 0 Å². The van der Waals surface area contributed by atoms with Gasteiger partial charge in [0, 0.05) is 17.6 Å². The van der Waals surface area contributed by atoms with E-state index in [9.17, 15) is 13.5 Å². The summed E-state index contributed by atoms with van der Waals surface area (Å²) in [5, 5.41) is 10.5. The number of sulfonamides is 1. The number of hydrogen-bond acceptors (Lipinski definition) is 3. The standard InChI is InChI=1S/C24H34ClNO3S/c1-18(2)14-23(17-27)26(30(28,29)24-12-10-22(25)11-13-24)16-19(3)15-20(4)21-8-6-5-7-9-21/h5-13,18-20,23,27H,14-17H2,1-4H3. The van der Waals surface area contributed by atoms with Gasteiger partial charge in [0.1, 0.15) is 0 Å². The molecule has 0 aliphatic carbocycles. The van der Waals surface area contributed by atoms with E-state index in [1.807, 2.05) is 32.0 Å². The molecule has 0 amide bonds. The molecule has 30 heavy (non-hydrogen) atoms. The molecule has 0 heterocycles. The van der Waals surface area contributed by atoms with Gasteiger partial charge in [-0.2, -0.15) is 4.31 Å². The monoisotopic (exact) mass is 451 g/mol. The lowest BCUT2D eigenvalue weighted by atomic mass is 9.91. The Morgan fingerprint density at radius 3 is 2.07 bits per heavy atom. The van der Waals surface area contributed by atoms with Gasteiger partial charge in [0.15, 0.2) is 0 Å². The molecule has 0 fully saturated rings. The molecular weight excluding hydrogens is 418 g/mol. The molecule has 0 saturated carbocycles. The predicted molar refractivity (Wildman–Crippen MR) is 124 cm³/mol. The fraction of sp³-hybridized carbons (Fsp3) is 0.500. The lowest BCUT2D eigenvalue weighted by Gasteiger charge is -2.33. The first-order chi connectivity index (χ1) is 14.1. The zero-order valence-corrected chi connectivity index (χ0v) is 19.9. The lowest BCUT2D eigenvalue weighted by molar-refractivity contribution is 0.155. The van der Waals surface area contributed by atoms with Gasteiger partial charge in [-0.25, -0.2) is 8.42 Å². The van der Waals surface area contributed by atoms with Crippen LogP contribution in [0, 0.1) is 11.8 Å². The van der Waals surface area contributed by atoms with Crippen LogP contribution in [0.4, 0.5) is 0 Å². The summed E-state index contributed by atoms with van der Waals surface area (Å²) >= 11 is 5.95. The van der Waals surface area contributed by atoms with Crippen LogP contribution in [-0.2, 0) is 10.0 Å². The molecule has 166 valence electrons. The van der Waals surface area contributed by atoms with E-state index in [-0.39, 0.29) is 23.3 Å². The van der Waals surface area contributed by atoms with Crippen LogP contribution in [0.5, 0.6) is 0 Å². The molecule has 1 N–H and O–H groups in total. The van der Waals surface area contributed by atoms with E-state index in [0.717, 1.165) is 6.42 Å². The highest BCUT2D eigenvalue weighted by molar-refractivity contribution is 7.89. The van der Waals surface area contributed by atoms with Crippen molar-refractivity contribution in [2.75, 3.05) is 13.2 Å². The second kappa shape index (κ2) is 11.3. The Morgan fingerprint density at radius 2 is 1.53 bits per heavy atom. The maximum Gasteiger partial charge on any atom is 0.243 e. The van der Waals surface area contributed by atoms with Crippen LogP contribution in [0.2, 0.25) is 5.02 Å². The highest BCUT2D eigenvalue weighted by Crippen LogP contribution is 2.28. The van der Waals surface area contributed by atoms with Crippen molar-refractivity contribution < 1.29 is 13.5 Å². The lowest BCUT2D eigenvalue weighted by Crippen LogP contribution is -2.45. The maximum atomic E-state index is 13.5. The van der Waals surface area contributed by atoms with Crippen LogP contribution in [-0.4, -0.2) is 37.0 Å². The van der Waals surface area contributed by atoms with Crippen molar-refractivity contribution in [1.82, 2.24) is 4.31 Å². The zero-order valence-electron chi connectivity index (χ0n) is 18.3. The van der Waals surface area contributed by atoms with Gasteiger partial charge in [-0.3, -0.25) is 0 Å².